The lowest BCUT2D eigenvalue weighted by atomic mass is 10.2. The molecule has 160 valence electrons. The van der Waals surface area contributed by atoms with Crippen molar-refractivity contribution in [3.8, 4) is 17.2 Å². The maximum atomic E-state index is 13.0. The van der Waals surface area contributed by atoms with Crippen molar-refractivity contribution in [2.75, 3.05) is 23.9 Å². The second-order valence-electron chi connectivity index (χ2n) is 6.47. The van der Waals surface area contributed by atoms with Crippen molar-refractivity contribution in [3.05, 3.63) is 71.2 Å². The Morgan fingerprint density at radius 1 is 1.03 bits per heavy atom. The number of ether oxygens (including phenoxy) is 3. The molecule has 0 fully saturated rings. The molecule has 0 saturated heterocycles. The average Bonchev–Trinajstić information content (AvgIpc) is 3.23. The van der Waals surface area contributed by atoms with Crippen LogP contribution in [0, 0.1) is 0 Å². The summed E-state index contributed by atoms with van der Waals surface area (Å²) in [7, 11) is -2.70. The Hall–Kier alpha value is -3.43. The first kappa shape index (κ1) is 20.8. The van der Waals surface area contributed by atoms with Gasteiger partial charge in [0, 0.05) is 11.3 Å². The minimum Gasteiger partial charge on any atom is -0.495 e. The molecule has 0 atom stereocenters. The third-order valence-electron chi connectivity index (χ3n) is 4.46. The molecule has 0 radical (unpaired) electrons. The maximum absolute atomic E-state index is 13.0. The molecule has 1 aliphatic rings. The molecule has 0 unspecified atom stereocenters. The van der Waals surface area contributed by atoms with Crippen LogP contribution in [-0.2, 0) is 10.0 Å². The fourth-order valence-electron chi connectivity index (χ4n) is 2.95. The summed E-state index contributed by atoms with van der Waals surface area (Å²) in [5.74, 6) is 0.695. The molecule has 0 saturated carbocycles. The Labute approximate surface area is 183 Å². The number of carbonyl (C=O) groups excluding carboxylic acids is 1. The van der Waals surface area contributed by atoms with Crippen molar-refractivity contribution >= 4 is 38.9 Å². The van der Waals surface area contributed by atoms with E-state index >= 15 is 0 Å². The zero-order chi connectivity index (χ0) is 22.0. The summed E-state index contributed by atoms with van der Waals surface area (Å²) < 4.78 is 44.1. The van der Waals surface area contributed by atoms with Crippen molar-refractivity contribution in [2.24, 2.45) is 0 Å². The van der Waals surface area contributed by atoms with Crippen LogP contribution >= 0.6 is 11.6 Å². The monoisotopic (exact) mass is 460 g/mol. The van der Waals surface area contributed by atoms with Crippen LogP contribution < -0.4 is 24.2 Å². The third kappa shape index (κ3) is 4.37. The van der Waals surface area contributed by atoms with Gasteiger partial charge in [0.1, 0.15) is 10.6 Å². The van der Waals surface area contributed by atoms with Gasteiger partial charge in [0.05, 0.1) is 17.8 Å². The van der Waals surface area contributed by atoms with Gasteiger partial charge in [0.15, 0.2) is 11.5 Å². The number of amides is 1. The van der Waals surface area contributed by atoms with E-state index in [9.17, 15) is 13.2 Å². The number of halogens is 1. The van der Waals surface area contributed by atoms with Crippen LogP contribution in [0.4, 0.5) is 11.4 Å². The lowest BCUT2D eigenvalue weighted by Gasteiger charge is -2.14. The van der Waals surface area contributed by atoms with Crippen LogP contribution in [0.15, 0.2) is 65.6 Å². The molecular formula is C21H17ClN2O6S. The van der Waals surface area contributed by atoms with Gasteiger partial charge in [-0.1, -0.05) is 23.7 Å². The van der Waals surface area contributed by atoms with Gasteiger partial charge in [0.25, 0.3) is 15.9 Å². The fourth-order valence-corrected chi connectivity index (χ4v) is 4.46. The first-order chi connectivity index (χ1) is 14.9. The van der Waals surface area contributed by atoms with E-state index in [-0.39, 0.29) is 33.8 Å². The minimum absolute atomic E-state index is 0.0958. The second-order valence-corrected chi connectivity index (χ2v) is 8.53. The van der Waals surface area contributed by atoms with Crippen LogP contribution in [0.5, 0.6) is 17.2 Å². The Morgan fingerprint density at radius 3 is 2.58 bits per heavy atom. The molecule has 0 aliphatic carbocycles. The quantitative estimate of drug-likeness (QED) is 0.573. The molecular weight excluding hydrogens is 444 g/mol. The lowest BCUT2D eigenvalue weighted by molar-refractivity contribution is 0.102. The number of hydrogen-bond donors (Lipinski definition) is 2. The van der Waals surface area contributed by atoms with Crippen molar-refractivity contribution < 1.29 is 27.4 Å². The van der Waals surface area contributed by atoms with Gasteiger partial charge >= 0.3 is 0 Å². The minimum atomic E-state index is -4.06. The molecule has 3 aromatic rings. The van der Waals surface area contributed by atoms with Crippen LogP contribution in [0.25, 0.3) is 0 Å². The van der Waals surface area contributed by atoms with Gasteiger partial charge in [-0.2, -0.15) is 0 Å². The van der Waals surface area contributed by atoms with Gasteiger partial charge in [-0.3, -0.25) is 9.52 Å². The van der Waals surface area contributed by atoms with E-state index in [1.54, 1.807) is 36.4 Å². The van der Waals surface area contributed by atoms with E-state index in [0.717, 1.165) is 0 Å². The van der Waals surface area contributed by atoms with Gasteiger partial charge in [-0.05, 0) is 48.5 Å². The molecule has 1 amide bonds. The van der Waals surface area contributed by atoms with Crippen molar-refractivity contribution in [3.63, 3.8) is 0 Å². The molecule has 3 aromatic carbocycles. The summed E-state index contributed by atoms with van der Waals surface area (Å²) in [6.45, 7) is 0.0958. The zero-order valence-electron chi connectivity index (χ0n) is 16.2. The number of rotatable bonds is 6. The molecule has 10 heteroatoms. The highest BCUT2D eigenvalue weighted by Gasteiger charge is 2.22. The Kier molecular flexibility index (Phi) is 5.62. The SMILES string of the molecule is COc1ccc(NC(=O)c2ccc3c(c2)OCO3)cc1S(=O)(=O)Nc1ccccc1Cl. The number of para-hydroxylation sites is 1. The topological polar surface area (TPSA) is 103 Å². The number of anilines is 2. The Morgan fingerprint density at radius 2 is 1.81 bits per heavy atom. The van der Waals surface area contributed by atoms with Crippen molar-refractivity contribution in [1.29, 1.82) is 0 Å². The van der Waals surface area contributed by atoms with E-state index in [2.05, 4.69) is 10.0 Å². The normalized spacial score (nSPS) is 12.3. The smallest absolute Gasteiger partial charge is 0.265 e. The number of hydrogen-bond acceptors (Lipinski definition) is 6. The molecule has 4 rings (SSSR count). The average molecular weight is 461 g/mol. The summed E-state index contributed by atoms with van der Waals surface area (Å²) >= 11 is 6.07. The van der Waals surface area contributed by atoms with E-state index in [1.165, 1.54) is 31.4 Å². The van der Waals surface area contributed by atoms with E-state index in [1.807, 2.05) is 0 Å². The van der Waals surface area contributed by atoms with Gasteiger partial charge in [-0.25, -0.2) is 8.42 Å². The predicted molar refractivity (Wildman–Crippen MR) is 116 cm³/mol. The van der Waals surface area contributed by atoms with E-state index < -0.39 is 15.9 Å². The summed E-state index contributed by atoms with van der Waals surface area (Å²) in [6.07, 6.45) is 0. The second kappa shape index (κ2) is 8.37. The van der Waals surface area contributed by atoms with Gasteiger partial charge in [-0.15, -0.1) is 0 Å². The van der Waals surface area contributed by atoms with Crippen LogP contribution in [0.3, 0.4) is 0 Å². The molecule has 0 spiro atoms. The van der Waals surface area contributed by atoms with Crippen LogP contribution in [0.2, 0.25) is 5.02 Å². The van der Waals surface area contributed by atoms with Crippen LogP contribution in [-0.4, -0.2) is 28.2 Å². The highest BCUT2D eigenvalue weighted by Crippen LogP contribution is 2.33. The van der Waals surface area contributed by atoms with E-state index in [4.69, 9.17) is 25.8 Å². The van der Waals surface area contributed by atoms with E-state index in [0.29, 0.717) is 17.1 Å². The highest BCUT2D eigenvalue weighted by molar-refractivity contribution is 7.92. The van der Waals surface area contributed by atoms with Crippen LogP contribution in [0.1, 0.15) is 10.4 Å². The molecule has 1 aliphatic heterocycles. The van der Waals surface area contributed by atoms with Gasteiger partial charge < -0.3 is 19.5 Å². The van der Waals surface area contributed by atoms with Crippen molar-refractivity contribution in [1.82, 2.24) is 0 Å². The summed E-state index contributed by atoms with van der Waals surface area (Å²) in [4.78, 5) is 12.5. The molecule has 0 aromatic heterocycles. The first-order valence-corrected chi connectivity index (χ1v) is 10.9. The lowest BCUT2D eigenvalue weighted by Crippen LogP contribution is -2.16. The number of carbonyl (C=O) groups is 1. The Balaban J connectivity index is 1.61. The molecule has 8 nitrogen and oxygen atoms in total. The standard InChI is InChI=1S/C21H17ClN2O6S/c1-28-18-9-7-14(23-21(25)13-6-8-17-19(10-13)30-12-29-17)11-20(18)31(26,27)24-16-5-3-2-4-15(16)22/h2-11,24H,12H2,1H3,(H,23,25). The van der Waals surface area contributed by atoms with Crippen molar-refractivity contribution in [2.45, 2.75) is 4.90 Å². The number of fused-ring (bicyclic) bond motifs is 1. The molecule has 31 heavy (non-hydrogen) atoms. The summed E-state index contributed by atoms with van der Waals surface area (Å²) in [5.41, 5.74) is 0.822. The summed E-state index contributed by atoms with van der Waals surface area (Å²) in [6, 6.07) is 15.5. The largest absolute Gasteiger partial charge is 0.495 e. The zero-order valence-corrected chi connectivity index (χ0v) is 17.8. The number of benzene rings is 3. The molecule has 0 bridgehead atoms. The predicted octanol–water partition coefficient (Wildman–Crippen LogP) is 4.13. The third-order valence-corrected chi connectivity index (χ3v) is 6.18. The summed E-state index contributed by atoms with van der Waals surface area (Å²) in [5, 5.41) is 2.93. The molecule has 2 N–H and O–H groups in total. The van der Waals surface area contributed by atoms with Gasteiger partial charge in [0.2, 0.25) is 6.79 Å². The fraction of sp³-hybridized carbons (Fsp3) is 0.0952. The Bertz CT molecular complexity index is 1260. The number of sulfonamides is 1. The number of nitrogens with one attached hydrogen (secondary N) is 2. The molecule has 1 heterocycles. The highest BCUT2D eigenvalue weighted by atomic mass is 35.5. The first-order valence-electron chi connectivity index (χ1n) is 9.04. The number of methoxy groups -OCH3 is 1. The maximum Gasteiger partial charge on any atom is 0.265 e.